The molecule has 16 heavy (non-hydrogen) atoms. The van der Waals surface area contributed by atoms with Gasteiger partial charge < -0.3 is 4.74 Å². The summed E-state index contributed by atoms with van der Waals surface area (Å²) in [4.78, 5) is 8.12. The summed E-state index contributed by atoms with van der Waals surface area (Å²) in [6.07, 6.45) is 3.10. The maximum atomic E-state index is 5.95. The summed E-state index contributed by atoms with van der Waals surface area (Å²) < 4.78 is 5.49. The van der Waals surface area contributed by atoms with Crippen molar-refractivity contribution >= 4 is 23.2 Å². The molecule has 2 rings (SSSR count). The third-order valence-corrected chi connectivity index (χ3v) is 2.44. The van der Waals surface area contributed by atoms with Gasteiger partial charge in [0, 0.05) is 6.20 Å². The Balaban J connectivity index is 2.24. The average Bonchev–Trinajstić information content (AvgIpc) is 2.32. The van der Waals surface area contributed by atoms with Gasteiger partial charge in [-0.25, -0.2) is 4.98 Å². The van der Waals surface area contributed by atoms with Gasteiger partial charge in [0.25, 0.3) is 0 Å². The molecule has 0 aliphatic rings. The molecule has 1 aromatic heterocycles. The first-order valence-electron chi connectivity index (χ1n) is 4.59. The average molecular weight is 255 g/mol. The van der Waals surface area contributed by atoms with E-state index in [0.717, 1.165) is 0 Å². The highest BCUT2D eigenvalue weighted by molar-refractivity contribution is 6.32. The summed E-state index contributed by atoms with van der Waals surface area (Å²) in [5.74, 6) is 1.23. The minimum Gasteiger partial charge on any atom is -0.436 e. The molecule has 0 atom stereocenters. The Bertz CT molecular complexity index is 491. The number of ether oxygens (including phenoxy) is 1. The van der Waals surface area contributed by atoms with E-state index in [9.17, 15) is 0 Å². The highest BCUT2D eigenvalue weighted by Gasteiger charge is 2.04. The van der Waals surface area contributed by atoms with Gasteiger partial charge in [-0.1, -0.05) is 23.7 Å². The van der Waals surface area contributed by atoms with Crippen LogP contribution in [0.5, 0.6) is 11.6 Å². The molecule has 82 valence electrons. The Morgan fingerprint density at radius 1 is 1.19 bits per heavy atom. The molecule has 0 aliphatic carbocycles. The van der Waals surface area contributed by atoms with E-state index in [-0.39, 0.29) is 0 Å². The summed E-state index contributed by atoms with van der Waals surface area (Å²) in [6.45, 7) is 0. The van der Waals surface area contributed by atoms with Crippen LogP contribution in [0.1, 0.15) is 5.69 Å². The molecule has 5 heteroatoms. The van der Waals surface area contributed by atoms with Crippen molar-refractivity contribution in [1.82, 2.24) is 9.97 Å². The second-order valence-electron chi connectivity index (χ2n) is 3.01. The number of hydrogen-bond acceptors (Lipinski definition) is 3. The molecule has 0 aliphatic heterocycles. The zero-order valence-electron chi connectivity index (χ0n) is 8.23. The van der Waals surface area contributed by atoms with E-state index >= 15 is 0 Å². The predicted octanol–water partition coefficient (Wildman–Crippen LogP) is 3.66. The van der Waals surface area contributed by atoms with E-state index in [1.165, 1.54) is 6.20 Å². The second-order valence-corrected chi connectivity index (χ2v) is 3.69. The third kappa shape index (κ3) is 2.62. The lowest BCUT2D eigenvalue weighted by atomic mass is 10.3. The summed E-state index contributed by atoms with van der Waals surface area (Å²) in [6, 6.07) is 7.17. The first-order valence-corrected chi connectivity index (χ1v) is 5.50. The Morgan fingerprint density at radius 2 is 2.00 bits per heavy atom. The smallest absolute Gasteiger partial charge is 0.238 e. The van der Waals surface area contributed by atoms with Crippen LogP contribution < -0.4 is 4.74 Å². The van der Waals surface area contributed by atoms with Crippen LogP contribution >= 0.6 is 23.2 Å². The van der Waals surface area contributed by atoms with Crippen LogP contribution in [0.3, 0.4) is 0 Å². The van der Waals surface area contributed by atoms with E-state index in [4.69, 9.17) is 27.9 Å². The van der Waals surface area contributed by atoms with Crippen molar-refractivity contribution < 1.29 is 4.74 Å². The fourth-order valence-corrected chi connectivity index (χ4v) is 1.44. The fourth-order valence-electron chi connectivity index (χ4n) is 1.14. The largest absolute Gasteiger partial charge is 0.436 e. The van der Waals surface area contributed by atoms with Gasteiger partial charge in [0.05, 0.1) is 22.8 Å². The minimum atomic E-state index is 0.298. The molecule has 0 saturated carbocycles. The Labute approximate surface area is 103 Å². The molecule has 0 bridgehead atoms. The molecule has 0 fully saturated rings. The van der Waals surface area contributed by atoms with Gasteiger partial charge in [-0.15, -0.1) is 11.6 Å². The zero-order valence-corrected chi connectivity index (χ0v) is 9.74. The SMILES string of the molecule is ClCc1cncc(Oc2ccccc2Cl)n1. The molecular formula is C11H8Cl2N2O. The van der Waals surface area contributed by atoms with E-state index in [1.807, 2.05) is 12.1 Å². The van der Waals surface area contributed by atoms with Crippen molar-refractivity contribution in [3.63, 3.8) is 0 Å². The minimum absolute atomic E-state index is 0.298. The molecule has 2 aromatic rings. The van der Waals surface area contributed by atoms with Gasteiger partial charge in [0.2, 0.25) is 5.88 Å². The fraction of sp³-hybridized carbons (Fsp3) is 0.0909. The first-order chi connectivity index (χ1) is 7.79. The molecule has 0 saturated heterocycles. The number of hydrogen-bond donors (Lipinski definition) is 0. The molecule has 0 spiro atoms. The van der Waals surface area contributed by atoms with Crippen molar-refractivity contribution in [2.45, 2.75) is 5.88 Å². The number of alkyl halides is 1. The first kappa shape index (κ1) is 11.2. The Kier molecular flexibility index (Phi) is 3.59. The topological polar surface area (TPSA) is 35.0 Å². The standard InChI is InChI=1S/C11H8Cl2N2O/c12-5-8-6-14-7-11(15-8)16-10-4-2-1-3-9(10)13/h1-4,6-7H,5H2. The van der Waals surface area contributed by atoms with Crippen LogP contribution in [-0.4, -0.2) is 9.97 Å². The number of halogens is 2. The number of aromatic nitrogens is 2. The van der Waals surface area contributed by atoms with Crippen molar-refractivity contribution in [2.75, 3.05) is 0 Å². The van der Waals surface area contributed by atoms with Gasteiger partial charge in [0.15, 0.2) is 0 Å². The summed E-state index contributed by atoms with van der Waals surface area (Å²) in [5.41, 5.74) is 0.659. The van der Waals surface area contributed by atoms with Gasteiger partial charge in [-0.05, 0) is 12.1 Å². The molecule has 0 N–H and O–H groups in total. The van der Waals surface area contributed by atoms with Crippen LogP contribution in [0.2, 0.25) is 5.02 Å². The lowest BCUT2D eigenvalue weighted by molar-refractivity contribution is 0.458. The maximum absolute atomic E-state index is 5.95. The highest BCUT2D eigenvalue weighted by atomic mass is 35.5. The molecule has 3 nitrogen and oxygen atoms in total. The molecule has 1 aromatic carbocycles. The van der Waals surface area contributed by atoms with Crippen molar-refractivity contribution in [3.8, 4) is 11.6 Å². The van der Waals surface area contributed by atoms with Gasteiger partial charge >= 0.3 is 0 Å². The molecule has 1 heterocycles. The summed E-state index contributed by atoms with van der Waals surface area (Å²) in [5, 5.41) is 0.528. The van der Waals surface area contributed by atoms with Crippen molar-refractivity contribution in [1.29, 1.82) is 0 Å². The maximum Gasteiger partial charge on any atom is 0.238 e. The monoisotopic (exact) mass is 254 g/mol. The predicted molar refractivity (Wildman–Crippen MR) is 63.1 cm³/mol. The van der Waals surface area contributed by atoms with Crippen molar-refractivity contribution in [3.05, 3.63) is 47.4 Å². The second kappa shape index (κ2) is 5.14. The molecule has 0 unspecified atom stereocenters. The van der Waals surface area contributed by atoms with E-state index in [1.54, 1.807) is 18.3 Å². The van der Waals surface area contributed by atoms with Crippen LogP contribution in [-0.2, 0) is 5.88 Å². The number of nitrogens with zero attached hydrogens (tertiary/aromatic N) is 2. The van der Waals surface area contributed by atoms with Crippen LogP contribution in [0.4, 0.5) is 0 Å². The van der Waals surface area contributed by atoms with Gasteiger partial charge in [-0.3, -0.25) is 4.98 Å². The molecule has 0 amide bonds. The lowest BCUT2D eigenvalue weighted by Gasteiger charge is -2.06. The van der Waals surface area contributed by atoms with Gasteiger partial charge in [-0.2, -0.15) is 0 Å². The van der Waals surface area contributed by atoms with E-state index in [0.29, 0.717) is 28.2 Å². The normalized spacial score (nSPS) is 10.1. The quantitative estimate of drug-likeness (QED) is 0.785. The number of rotatable bonds is 3. The molecule has 0 radical (unpaired) electrons. The summed E-state index contributed by atoms with van der Waals surface area (Å²) >= 11 is 11.6. The van der Waals surface area contributed by atoms with Crippen molar-refractivity contribution in [2.24, 2.45) is 0 Å². The van der Waals surface area contributed by atoms with Crippen LogP contribution in [0, 0.1) is 0 Å². The zero-order chi connectivity index (χ0) is 11.4. The number of para-hydroxylation sites is 1. The van der Waals surface area contributed by atoms with Crippen LogP contribution in [0.15, 0.2) is 36.7 Å². The van der Waals surface area contributed by atoms with Gasteiger partial charge in [0.1, 0.15) is 5.75 Å². The number of benzene rings is 1. The Morgan fingerprint density at radius 3 is 2.75 bits per heavy atom. The lowest BCUT2D eigenvalue weighted by Crippen LogP contribution is -1.93. The third-order valence-electron chi connectivity index (χ3n) is 1.85. The highest BCUT2D eigenvalue weighted by Crippen LogP contribution is 2.27. The van der Waals surface area contributed by atoms with E-state index in [2.05, 4.69) is 9.97 Å². The van der Waals surface area contributed by atoms with E-state index < -0.39 is 0 Å². The summed E-state index contributed by atoms with van der Waals surface area (Å²) in [7, 11) is 0. The Hall–Kier alpha value is -1.32. The molecular weight excluding hydrogens is 247 g/mol. The van der Waals surface area contributed by atoms with Crippen LogP contribution in [0.25, 0.3) is 0 Å².